The smallest absolute Gasteiger partial charge is 0.414 e. The predicted octanol–water partition coefficient (Wildman–Crippen LogP) is 3.78. The van der Waals surface area contributed by atoms with Crippen LogP contribution in [0.3, 0.4) is 0 Å². The van der Waals surface area contributed by atoms with Crippen LogP contribution in [0.25, 0.3) is 22.4 Å². The Labute approximate surface area is 203 Å². The highest BCUT2D eigenvalue weighted by Gasteiger charge is 2.38. The van der Waals surface area contributed by atoms with Gasteiger partial charge in [-0.2, -0.15) is 5.10 Å². The molecule has 11 heteroatoms. The van der Waals surface area contributed by atoms with E-state index in [-0.39, 0.29) is 30.2 Å². The van der Waals surface area contributed by atoms with Gasteiger partial charge in [0.1, 0.15) is 11.2 Å². The summed E-state index contributed by atoms with van der Waals surface area (Å²) < 4.78 is 19.0. The molecule has 0 saturated carbocycles. The van der Waals surface area contributed by atoms with E-state index >= 15 is 0 Å². The van der Waals surface area contributed by atoms with Gasteiger partial charge in [0.25, 0.3) is 0 Å². The number of carbonyl (C=O) groups is 2. The van der Waals surface area contributed by atoms with Crippen molar-refractivity contribution in [3.63, 3.8) is 0 Å². The average molecular weight is 486 g/mol. The van der Waals surface area contributed by atoms with Gasteiger partial charge in [-0.3, -0.25) is 19.2 Å². The Morgan fingerprint density at radius 1 is 1.29 bits per heavy atom. The van der Waals surface area contributed by atoms with Gasteiger partial charge in [-0.05, 0) is 38.3 Å². The average Bonchev–Trinajstić information content (AvgIpc) is 3.47. The van der Waals surface area contributed by atoms with E-state index in [1.54, 1.807) is 29.9 Å². The molecule has 0 aliphatic carbocycles. The fourth-order valence-electron chi connectivity index (χ4n) is 4.27. The molecule has 3 aromatic rings. The number of hydrogen-bond donors (Lipinski definition) is 0. The first-order valence-electron chi connectivity index (χ1n) is 11.7. The van der Waals surface area contributed by atoms with Gasteiger partial charge in [0.05, 0.1) is 31.7 Å². The van der Waals surface area contributed by atoms with Crippen molar-refractivity contribution in [2.75, 3.05) is 32.3 Å². The molecule has 0 aromatic carbocycles. The molecule has 0 spiro atoms. The minimum Gasteiger partial charge on any atom is -0.449 e. The third kappa shape index (κ3) is 4.87. The Balaban J connectivity index is 1.93. The normalized spacial score (nSPS) is 18.0. The third-order valence-electron chi connectivity index (χ3n) is 6.13. The molecule has 188 valence electrons. The van der Waals surface area contributed by atoms with Gasteiger partial charge in [-0.15, -0.1) is 0 Å². The van der Waals surface area contributed by atoms with Crippen LogP contribution in [0.2, 0.25) is 0 Å². The van der Waals surface area contributed by atoms with Gasteiger partial charge in [0.2, 0.25) is 5.76 Å². The summed E-state index contributed by atoms with van der Waals surface area (Å²) in [6.45, 7) is 4.46. The first-order valence-corrected chi connectivity index (χ1v) is 11.7. The number of aromatic nitrogens is 3. The lowest BCUT2D eigenvalue weighted by Crippen LogP contribution is -2.47. The van der Waals surface area contributed by atoms with E-state index in [1.807, 2.05) is 20.2 Å². The van der Waals surface area contributed by atoms with Crippen molar-refractivity contribution in [1.29, 1.82) is 0 Å². The highest BCUT2D eigenvalue weighted by Crippen LogP contribution is 2.38. The van der Waals surface area contributed by atoms with Gasteiger partial charge in [0, 0.05) is 38.5 Å². The lowest BCUT2D eigenvalue weighted by Gasteiger charge is -2.36. The number of aryl methyl sites for hydroxylation is 1. The predicted molar refractivity (Wildman–Crippen MR) is 128 cm³/mol. The maximum Gasteiger partial charge on any atom is 0.414 e. The zero-order valence-electron chi connectivity index (χ0n) is 20.7. The standard InChI is InChI=1S/C24H31N5O6/c1-6-17-12-16(10-11-34-17)29(24(31)33-7-2)21-20-19(35-22(21)23(30)28(4)32-5)9-8-18(26-20)15-13-25-27(3)14-15/h8-9,13-14,16-17H,6-7,10-12H2,1-5H3/t16-,17-/m0/s1. The van der Waals surface area contributed by atoms with Crippen LogP contribution in [0.15, 0.2) is 28.9 Å². The molecule has 2 atom stereocenters. The second-order valence-corrected chi connectivity index (χ2v) is 8.36. The van der Waals surface area contributed by atoms with Crippen molar-refractivity contribution in [3.05, 3.63) is 30.3 Å². The number of anilines is 1. The number of nitrogens with zero attached hydrogens (tertiary/aromatic N) is 5. The number of rotatable bonds is 7. The second-order valence-electron chi connectivity index (χ2n) is 8.36. The van der Waals surface area contributed by atoms with Crippen molar-refractivity contribution < 1.29 is 28.3 Å². The van der Waals surface area contributed by atoms with E-state index < -0.39 is 12.0 Å². The SMILES string of the molecule is CCOC(=O)N(c1c(C(=O)N(C)OC)oc2ccc(-c3cnn(C)c3)nc12)[C@H]1CCO[C@@H](CC)C1. The van der Waals surface area contributed by atoms with E-state index in [1.165, 1.54) is 19.1 Å². The number of carbonyl (C=O) groups excluding carboxylic acids is 2. The minimum absolute atomic E-state index is 0.0106. The van der Waals surface area contributed by atoms with Crippen LogP contribution in [0, 0.1) is 0 Å². The molecule has 4 heterocycles. The van der Waals surface area contributed by atoms with Crippen molar-refractivity contribution in [2.24, 2.45) is 7.05 Å². The summed E-state index contributed by atoms with van der Waals surface area (Å²) in [5, 5.41) is 5.27. The molecule has 1 saturated heterocycles. The highest BCUT2D eigenvalue weighted by atomic mass is 16.7. The number of hydroxylamine groups is 2. The zero-order chi connectivity index (χ0) is 25.1. The van der Waals surface area contributed by atoms with Crippen molar-refractivity contribution >= 4 is 28.8 Å². The maximum atomic E-state index is 13.4. The number of pyridine rings is 1. The van der Waals surface area contributed by atoms with Crippen LogP contribution in [-0.2, 0) is 21.4 Å². The highest BCUT2D eigenvalue weighted by molar-refractivity contribution is 6.09. The Morgan fingerprint density at radius 2 is 2.09 bits per heavy atom. The van der Waals surface area contributed by atoms with Crippen LogP contribution >= 0.6 is 0 Å². The molecule has 1 aliphatic heterocycles. The van der Waals surface area contributed by atoms with E-state index in [0.717, 1.165) is 17.0 Å². The van der Waals surface area contributed by atoms with Crippen LogP contribution in [0.1, 0.15) is 43.7 Å². The number of fused-ring (bicyclic) bond motifs is 1. The largest absolute Gasteiger partial charge is 0.449 e. The van der Waals surface area contributed by atoms with Crippen LogP contribution in [0.4, 0.5) is 10.5 Å². The minimum atomic E-state index is -0.570. The monoisotopic (exact) mass is 485 g/mol. The van der Waals surface area contributed by atoms with Crippen molar-refractivity contribution in [1.82, 2.24) is 19.8 Å². The molecule has 0 bridgehead atoms. The number of furan rings is 1. The molecule has 4 rings (SSSR count). The van der Waals surface area contributed by atoms with E-state index in [0.29, 0.717) is 36.2 Å². The van der Waals surface area contributed by atoms with E-state index in [2.05, 4.69) is 5.10 Å². The lowest BCUT2D eigenvalue weighted by molar-refractivity contribution is -0.0772. The Kier molecular flexibility index (Phi) is 7.37. The van der Waals surface area contributed by atoms with E-state index in [4.69, 9.17) is 23.7 Å². The molecule has 0 radical (unpaired) electrons. The van der Waals surface area contributed by atoms with Gasteiger partial charge >= 0.3 is 12.0 Å². The van der Waals surface area contributed by atoms with E-state index in [9.17, 15) is 9.59 Å². The lowest BCUT2D eigenvalue weighted by atomic mass is 9.99. The molecule has 35 heavy (non-hydrogen) atoms. The molecule has 2 amide bonds. The Bertz CT molecular complexity index is 1200. The summed E-state index contributed by atoms with van der Waals surface area (Å²) >= 11 is 0. The maximum absolute atomic E-state index is 13.4. The van der Waals surface area contributed by atoms with Gasteiger partial charge < -0.3 is 13.9 Å². The molecule has 0 unspecified atom stereocenters. The quantitative estimate of drug-likeness (QED) is 0.465. The Hall–Kier alpha value is -3.44. The second kappa shape index (κ2) is 10.4. The summed E-state index contributed by atoms with van der Waals surface area (Å²) in [6.07, 6.45) is 4.94. The van der Waals surface area contributed by atoms with Crippen LogP contribution in [0.5, 0.6) is 0 Å². The molecule has 11 nitrogen and oxygen atoms in total. The summed E-state index contributed by atoms with van der Waals surface area (Å²) in [5.41, 5.74) is 2.44. The fourth-order valence-corrected chi connectivity index (χ4v) is 4.27. The molecular formula is C24H31N5O6. The summed E-state index contributed by atoms with van der Waals surface area (Å²) in [4.78, 5) is 38.1. The van der Waals surface area contributed by atoms with Crippen molar-refractivity contribution in [2.45, 2.75) is 45.3 Å². The number of ether oxygens (including phenoxy) is 2. The molecule has 1 aliphatic rings. The summed E-state index contributed by atoms with van der Waals surface area (Å²) in [5.74, 6) is -0.593. The van der Waals surface area contributed by atoms with Gasteiger partial charge in [-0.25, -0.2) is 14.8 Å². The van der Waals surface area contributed by atoms with Crippen molar-refractivity contribution in [3.8, 4) is 11.3 Å². The number of hydrogen-bond acceptors (Lipinski definition) is 8. The van der Waals surface area contributed by atoms with Gasteiger partial charge in [0.15, 0.2) is 5.58 Å². The van der Waals surface area contributed by atoms with Crippen LogP contribution < -0.4 is 4.90 Å². The van der Waals surface area contributed by atoms with Gasteiger partial charge in [-0.1, -0.05) is 6.92 Å². The summed E-state index contributed by atoms with van der Waals surface area (Å²) in [6, 6.07) is 3.26. The summed E-state index contributed by atoms with van der Waals surface area (Å²) in [7, 11) is 4.68. The number of amides is 2. The Morgan fingerprint density at radius 3 is 2.74 bits per heavy atom. The zero-order valence-corrected chi connectivity index (χ0v) is 20.7. The van der Waals surface area contributed by atoms with Crippen LogP contribution in [-0.4, -0.2) is 71.3 Å². The molecule has 3 aromatic heterocycles. The molecule has 0 N–H and O–H groups in total. The first-order chi connectivity index (χ1) is 16.9. The first kappa shape index (κ1) is 24.7. The molecule has 1 fully saturated rings. The fraction of sp³-hybridized carbons (Fsp3) is 0.500. The molecular weight excluding hydrogens is 454 g/mol. The third-order valence-corrected chi connectivity index (χ3v) is 6.13. The topological polar surface area (TPSA) is 112 Å².